The largest absolute Gasteiger partial charge is 0.391 e. The molecule has 7 heteroatoms. The second-order valence-corrected chi connectivity index (χ2v) is 6.25. The number of hydrogen-bond donors (Lipinski definition) is 3. The fourth-order valence-corrected chi connectivity index (χ4v) is 3.31. The van der Waals surface area contributed by atoms with E-state index in [1.807, 2.05) is 18.2 Å². The number of nitrogens with one attached hydrogen (secondary N) is 2. The standard InChI is InChI=1S/C17H23N3O3.ClH/c21-15-11-18-9-13(15)10-19-16(22)14-7-4-8-20(14)17(23)12-5-2-1-3-6-12;/h1-3,5-6,13-15,18,21H,4,7-11H2,(H,19,22);1H. The Morgan fingerprint density at radius 3 is 2.67 bits per heavy atom. The molecule has 3 rings (SSSR count). The van der Waals surface area contributed by atoms with E-state index in [0.717, 1.165) is 6.42 Å². The van der Waals surface area contributed by atoms with E-state index in [0.29, 0.717) is 38.2 Å². The Bertz CT molecular complexity index is 569. The van der Waals surface area contributed by atoms with Gasteiger partial charge in [-0.3, -0.25) is 9.59 Å². The number of benzene rings is 1. The van der Waals surface area contributed by atoms with Crippen LogP contribution in [0.2, 0.25) is 0 Å². The minimum absolute atomic E-state index is 0. The number of aliphatic hydroxyl groups excluding tert-OH is 1. The third-order valence-corrected chi connectivity index (χ3v) is 4.68. The molecule has 6 nitrogen and oxygen atoms in total. The van der Waals surface area contributed by atoms with Gasteiger partial charge in [0.1, 0.15) is 6.04 Å². The molecule has 2 aliphatic heterocycles. The van der Waals surface area contributed by atoms with Gasteiger partial charge in [0.25, 0.3) is 5.91 Å². The topological polar surface area (TPSA) is 81.7 Å². The Morgan fingerprint density at radius 2 is 2.00 bits per heavy atom. The molecule has 1 aromatic carbocycles. The SMILES string of the molecule is Cl.O=C(NCC1CNCC1O)C1CCCN1C(=O)c1ccccc1. The molecule has 24 heavy (non-hydrogen) atoms. The number of halogens is 1. The Balaban J connectivity index is 0.00000208. The third-order valence-electron chi connectivity index (χ3n) is 4.68. The maximum atomic E-state index is 12.6. The van der Waals surface area contributed by atoms with Crippen molar-refractivity contribution in [1.82, 2.24) is 15.5 Å². The number of carbonyl (C=O) groups excluding carboxylic acids is 2. The number of likely N-dealkylation sites (tertiary alicyclic amines) is 1. The maximum absolute atomic E-state index is 12.6. The smallest absolute Gasteiger partial charge is 0.254 e. The van der Waals surface area contributed by atoms with Gasteiger partial charge in [0.2, 0.25) is 5.91 Å². The molecule has 0 aliphatic carbocycles. The van der Waals surface area contributed by atoms with E-state index in [9.17, 15) is 14.7 Å². The van der Waals surface area contributed by atoms with Gasteiger partial charge in [-0.05, 0) is 25.0 Å². The first-order valence-electron chi connectivity index (χ1n) is 8.19. The first-order chi connectivity index (χ1) is 11.2. The van der Waals surface area contributed by atoms with Gasteiger partial charge >= 0.3 is 0 Å². The fraction of sp³-hybridized carbons (Fsp3) is 0.529. The molecule has 0 spiro atoms. The summed E-state index contributed by atoms with van der Waals surface area (Å²) in [6.07, 6.45) is 1.11. The summed E-state index contributed by atoms with van der Waals surface area (Å²) in [5.74, 6) is -0.171. The molecule has 3 unspecified atom stereocenters. The number of β-amino-alcohol motifs (C(OH)–C–C–N with tert-alkyl or cyclic N) is 1. The Labute approximate surface area is 148 Å². The number of hydrogen-bond acceptors (Lipinski definition) is 4. The van der Waals surface area contributed by atoms with Crippen molar-refractivity contribution in [2.75, 3.05) is 26.2 Å². The van der Waals surface area contributed by atoms with Crippen LogP contribution in [0.15, 0.2) is 30.3 Å². The molecule has 3 atom stereocenters. The molecule has 0 aromatic heterocycles. The summed E-state index contributed by atoms with van der Waals surface area (Å²) in [5.41, 5.74) is 0.614. The van der Waals surface area contributed by atoms with E-state index >= 15 is 0 Å². The number of rotatable bonds is 4. The Kier molecular flexibility index (Phi) is 6.60. The highest BCUT2D eigenvalue weighted by Crippen LogP contribution is 2.20. The van der Waals surface area contributed by atoms with Gasteiger partial charge in [-0.15, -0.1) is 12.4 Å². The van der Waals surface area contributed by atoms with E-state index in [4.69, 9.17) is 0 Å². The van der Waals surface area contributed by atoms with Crippen molar-refractivity contribution in [3.05, 3.63) is 35.9 Å². The highest BCUT2D eigenvalue weighted by Gasteiger charge is 2.35. The summed E-state index contributed by atoms with van der Waals surface area (Å²) >= 11 is 0. The highest BCUT2D eigenvalue weighted by molar-refractivity contribution is 5.97. The van der Waals surface area contributed by atoms with E-state index in [1.165, 1.54) is 0 Å². The maximum Gasteiger partial charge on any atom is 0.254 e. The van der Waals surface area contributed by atoms with Crippen LogP contribution in [0.1, 0.15) is 23.2 Å². The molecular weight excluding hydrogens is 330 g/mol. The molecule has 2 amide bonds. The van der Waals surface area contributed by atoms with Crippen LogP contribution in [-0.4, -0.2) is 60.1 Å². The van der Waals surface area contributed by atoms with Gasteiger partial charge in [0.15, 0.2) is 0 Å². The second-order valence-electron chi connectivity index (χ2n) is 6.25. The van der Waals surface area contributed by atoms with E-state index in [-0.39, 0.29) is 30.1 Å². The van der Waals surface area contributed by atoms with Gasteiger partial charge in [0, 0.05) is 37.7 Å². The lowest BCUT2D eigenvalue weighted by Gasteiger charge is -2.25. The molecule has 0 saturated carbocycles. The summed E-state index contributed by atoms with van der Waals surface area (Å²) in [7, 11) is 0. The zero-order valence-corrected chi connectivity index (χ0v) is 14.3. The lowest BCUT2D eigenvalue weighted by Crippen LogP contribution is -2.47. The van der Waals surface area contributed by atoms with Crippen LogP contribution in [0.3, 0.4) is 0 Å². The van der Waals surface area contributed by atoms with Crippen LogP contribution >= 0.6 is 12.4 Å². The molecular formula is C17H24ClN3O3. The van der Waals surface area contributed by atoms with Gasteiger partial charge < -0.3 is 20.6 Å². The predicted molar refractivity (Wildman–Crippen MR) is 93.1 cm³/mol. The zero-order valence-electron chi connectivity index (χ0n) is 13.5. The number of amides is 2. The molecule has 2 fully saturated rings. The van der Waals surface area contributed by atoms with Crippen LogP contribution in [-0.2, 0) is 4.79 Å². The molecule has 2 heterocycles. The van der Waals surface area contributed by atoms with Crippen LogP contribution in [0.5, 0.6) is 0 Å². The van der Waals surface area contributed by atoms with Gasteiger partial charge in [0.05, 0.1) is 6.10 Å². The van der Waals surface area contributed by atoms with Crippen molar-refractivity contribution >= 4 is 24.2 Å². The summed E-state index contributed by atoms with van der Waals surface area (Å²) in [4.78, 5) is 26.7. The first kappa shape index (κ1) is 18.7. The van der Waals surface area contributed by atoms with Crippen molar-refractivity contribution in [2.24, 2.45) is 5.92 Å². The Hall–Kier alpha value is -1.63. The lowest BCUT2D eigenvalue weighted by atomic mass is 10.1. The van der Waals surface area contributed by atoms with Crippen LogP contribution in [0.25, 0.3) is 0 Å². The van der Waals surface area contributed by atoms with Gasteiger partial charge in [-0.25, -0.2) is 0 Å². The van der Waals surface area contributed by atoms with Crippen molar-refractivity contribution in [2.45, 2.75) is 25.0 Å². The minimum Gasteiger partial charge on any atom is -0.391 e. The number of aliphatic hydroxyl groups is 1. The summed E-state index contributed by atoms with van der Waals surface area (Å²) < 4.78 is 0. The van der Waals surface area contributed by atoms with Crippen molar-refractivity contribution < 1.29 is 14.7 Å². The van der Waals surface area contributed by atoms with Gasteiger partial charge in [-0.1, -0.05) is 18.2 Å². The summed E-state index contributed by atoms with van der Waals surface area (Å²) in [5, 5.41) is 15.8. The van der Waals surface area contributed by atoms with Gasteiger partial charge in [-0.2, -0.15) is 0 Å². The molecule has 3 N–H and O–H groups in total. The average molecular weight is 354 g/mol. The summed E-state index contributed by atoms with van der Waals surface area (Å²) in [6.45, 7) is 2.33. The molecule has 1 aromatic rings. The fourth-order valence-electron chi connectivity index (χ4n) is 3.31. The number of nitrogens with zero attached hydrogens (tertiary/aromatic N) is 1. The zero-order chi connectivity index (χ0) is 16.2. The van der Waals surface area contributed by atoms with Crippen LogP contribution in [0.4, 0.5) is 0 Å². The quantitative estimate of drug-likeness (QED) is 0.732. The molecule has 0 radical (unpaired) electrons. The highest BCUT2D eigenvalue weighted by atomic mass is 35.5. The molecule has 2 aliphatic rings. The molecule has 132 valence electrons. The predicted octanol–water partition coefficient (Wildman–Crippen LogP) is 0.410. The Morgan fingerprint density at radius 1 is 1.25 bits per heavy atom. The van der Waals surface area contributed by atoms with Crippen molar-refractivity contribution in [1.29, 1.82) is 0 Å². The third kappa shape index (κ3) is 4.06. The molecule has 2 saturated heterocycles. The van der Waals surface area contributed by atoms with Crippen LogP contribution in [0, 0.1) is 5.92 Å². The second kappa shape index (κ2) is 8.46. The minimum atomic E-state index is -0.416. The number of carbonyl (C=O) groups is 2. The average Bonchev–Trinajstić information content (AvgIpc) is 3.22. The van der Waals surface area contributed by atoms with Crippen molar-refractivity contribution in [3.8, 4) is 0 Å². The van der Waals surface area contributed by atoms with E-state index in [1.54, 1.807) is 17.0 Å². The summed E-state index contributed by atoms with van der Waals surface area (Å²) in [6, 6.07) is 8.66. The van der Waals surface area contributed by atoms with E-state index in [2.05, 4.69) is 10.6 Å². The first-order valence-corrected chi connectivity index (χ1v) is 8.19. The van der Waals surface area contributed by atoms with Crippen LogP contribution < -0.4 is 10.6 Å². The normalized spacial score (nSPS) is 26.0. The monoisotopic (exact) mass is 353 g/mol. The lowest BCUT2D eigenvalue weighted by molar-refractivity contribution is -0.125. The van der Waals surface area contributed by atoms with Crippen molar-refractivity contribution in [3.63, 3.8) is 0 Å². The van der Waals surface area contributed by atoms with E-state index < -0.39 is 12.1 Å². The molecule has 0 bridgehead atoms.